The van der Waals surface area contributed by atoms with E-state index < -0.39 is 5.60 Å². The molecule has 1 aliphatic heterocycles. The van der Waals surface area contributed by atoms with E-state index in [1.165, 1.54) is 16.2 Å². The summed E-state index contributed by atoms with van der Waals surface area (Å²) in [7, 11) is 0. The normalized spacial score (nSPS) is 18.8. The third-order valence-corrected chi connectivity index (χ3v) is 4.50. The van der Waals surface area contributed by atoms with Gasteiger partial charge in [0.2, 0.25) is 11.0 Å². The van der Waals surface area contributed by atoms with Crippen molar-refractivity contribution in [3.8, 4) is 0 Å². The number of hydrogen-bond donors (Lipinski definition) is 1. The van der Waals surface area contributed by atoms with E-state index in [0.717, 1.165) is 17.8 Å². The van der Waals surface area contributed by atoms with Crippen LogP contribution < -0.4 is 5.32 Å². The summed E-state index contributed by atoms with van der Waals surface area (Å²) >= 11 is 1.44. The molecule has 0 radical (unpaired) electrons. The first kappa shape index (κ1) is 15.2. The highest BCUT2D eigenvalue weighted by Crippen LogP contribution is 2.42. The minimum atomic E-state index is -0.518. The van der Waals surface area contributed by atoms with Crippen LogP contribution in [-0.2, 0) is 9.53 Å². The quantitative estimate of drug-likeness (QED) is 0.921. The molecule has 0 atom stereocenters. The van der Waals surface area contributed by atoms with Gasteiger partial charge in [-0.2, -0.15) is 0 Å². The Morgan fingerprint density at radius 1 is 1.27 bits per heavy atom. The number of nitrogens with one attached hydrogen (secondary N) is 1. The molecule has 1 aromatic heterocycles. The Morgan fingerprint density at radius 2 is 1.95 bits per heavy atom. The molecule has 7 nitrogen and oxygen atoms in total. The lowest BCUT2D eigenvalue weighted by Gasteiger charge is -2.38. The van der Waals surface area contributed by atoms with Gasteiger partial charge in [-0.15, -0.1) is 10.2 Å². The predicted molar refractivity (Wildman–Crippen MR) is 81.8 cm³/mol. The van der Waals surface area contributed by atoms with Crippen molar-refractivity contribution in [2.45, 2.75) is 45.1 Å². The molecule has 2 fully saturated rings. The Balaban J connectivity index is 1.45. The molecular weight excluding hydrogens is 304 g/mol. The van der Waals surface area contributed by atoms with Gasteiger partial charge >= 0.3 is 6.09 Å². The number of likely N-dealkylation sites (tertiary alicyclic amines) is 1. The van der Waals surface area contributed by atoms with E-state index in [1.807, 2.05) is 20.8 Å². The van der Waals surface area contributed by atoms with Crippen molar-refractivity contribution < 1.29 is 14.3 Å². The lowest BCUT2D eigenvalue weighted by molar-refractivity contribution is -0.124. The van der Waals surface area contributed by atoms with Gasteiger partial charge in [0.1, 0.15) is 10.6 Å². The highest BCUT2D eigenvalue weighted by molar-refractivity contribution is 7.15. The van der Waals surface area contributed by atoms with Gasteiger partial charge < -0.3 is 15.0 Å². The van der Waals surface area contributed by atoms with Crippen LogP contribution in [0.4, 0.5) is 9.93 Å². The Labute approximate surface area is 133 Å². The first-order valence-corrected chi connectivity index (χ1v) is 8.25. The van der Waals surface area contributed by atoms with E-state index in [2.05, 4.69) is 15.5 Å². The molecule has 0 unspecified atom stereocenters. The van der Waals surface area contributed by atoms with E-state index in [-0.39, 0.29) is 17.9 Å². The lowest BCUT2D eigenvalue weighted by atomic mass is 10.0. The molecule has 1 aliphatic carbocycles. The molecule has 3 rings (SSSR count). The van der Waals surface area contributed by atoms with Crippen molar-refractivity contribution in [3.05, 3.63) is 5.01 Å². The maximum Gasteiger partial charge on any atom is 0.410 e. The van der Waals surface area contributed by atoms with Gasteiger partial charge in [-0.3, -0.25) is 4.79 Å². The fourth-order valence-corrected chi connectivity index (χ4v) is 3.02. The largest absolute Gasteiger partial charge is 0.444 e. The fraction of sp³-hybridized carbons (Fsp3) is 0.714. The van der Waals surface area contributed by atoms with Crippen LogP contribution in [0.5, 0.6) is 0 Å². The number of aromatic nitrogens is 2. The van der Waals surface area contributed by atoms with E-state index in [9.17, 15) is 9.59 Å². The molecule has 2 heterocycles. The van der Waals surface area contributed by atoms with Crippen molar-refractivity contribution >= 4 is 28.5 Å². The van der Waals surface area contributed by atoms with Crippen LogP contribution in [0.3, 0.4) is 0 Å². The Kier molecular flexibility index (Phi) is 3.80. The average Bonchev–Trinajstić information content (AvgIpc) is 3.06. The Hall–Kier alpha value is -1.70. The first-order chi connectivity index (χ1) is 10.3. The lowest BCUT2D eigenvalue weighted by Crippen LogP contribution is -2.55. The van der Waals surface area contributed by atoms with E-state index in [1.54, 1.807) is 0 Å². The number of hydrogen-bond acceptors (Lipinski definition) is 6. The Bertz CT molecular complexity index is 585. The highest BCUT2D eigenvalue weighted by atomic mass is 32.1. The van der Waals surface area contributed by atoms with Gasteiger partial charge in [0.05, 0.1) is 5.92 Å². The maximum absolute atomic E-state index is 12.1. The number of amides is 2. The Morgan fingerprint density at radius 3 is 2.55 bits per heavy atom. The predicted octanol–water partition coefficient (Wildman–Crippen LogP) is 2.22. The summed E-state index contributed by atoms with van der Waals surface area (Å²) in [5, 5.41) is 12.4. The average molecular weight is 324 g/mol. The fourth-order valence-electron chi connectivity index (χ4n) is 2.11. The molecule has 0 aromatic carbocycles. The molecule has 1 saturated carbocycles. The monoisotopic (exact) mass is 324 g/mol. The van der Waals surface area contributed by atoms with Crippen molar-refractivity contribution in [1.82, 2.24) is 15.1 Å². The summed E-state index contributed by atoms with van der Waals surface area (Å²) < 4.78 is 5.26. The van der Waals surface area contributed by atoms with Crippen molar-refractivity contribution in [3.63, 3.8) is 0 Å². The SMILES string of the molecule is CC(C)(C)OC(=O)N1CC(C(=O)Nc2nnc(C3CC3)s2)C1. The topological polar surface area (TPSA) is 84.4 Å². The van der Waals surface area contributed by atoms with Crippen molar-refractivity contribution in [2.75, 3.05) is 18.4 Å². The highest BCUT2D eigenvalue weighted by Gasteiger charge is 2.38. The van der Waals surface area contributed by atoms with Crippen LogP contribution in [0.15, 0.2) is 0 Å². The van der Waals surface area contributed by atoms with Gasteiger partial charge in [0.15, 0.2) is 0 Å². The van der Waals surface area contributed by atoms with Gasteiger partial charge in [0.25, 0.3) is 0 Å². The number of carbonyl (C=O) groups excluding carboxylic acids is 2. The summed E-state index contributed by atoms with van der Waals surface area (Å²) in [4.78, 5) is 25.4. The van der Waals surface area contributed by atoms with Crippen LogP contribution in [0.1, 0.15) is 44.5 Å². The third-order valence-electron chi connectivity index (χ3n) is 3.50. The summed E-state index contributed by atoms with van der Waals surface area (Å²) in [6, 6.07) is 0. The van der Waals surface area contributed by atoms with Crippen LogP contribution in [-0.4, -0.2) is 45.8 Å². The maximum atomic E-state index is 12.1. The molecule has 1 N–H and O–H groups in total. The smallest absolute Gasteiger partial charge is 0.410 e. The molecule has 1 aromatic rings. The molecule has 2 aliphatic rings. The molecule has 2 amide bonds. The van der Waals surface area contributed by atoms with Crippen molar-refractivity contribution in [1.29, 1.82) is 0 Å². The van der Waals surface area contributed by atoms with Crippen LogP contribution in [0.25, 0.3) is 0 Å². The van der Waals surface area contributed by atoms with E-state index in [4.69, 9.17) is 4.74 Å². The zero-order chi connectivity index (χ0) is 15.9. The molecular formula is C14H20N4O3S. The molecule has 22 heavy (non-hydrogen) atoms. The van der Waals surface area contributed by atoms with Crippen molar-refractivity contribution in [2.24, 2.45) is 5.92 Å². The van der Waals surface area contributed by atoms with Crippen LogP contribution >= 0.6 is 11.3 Å². The van der Waals surface area contributed by atoms with Crippen LogP contribution in [0.2, 0.25) is 0 Å². The second-order valence-corrected chi connectivity index (χ2v) is 7.80. The van der Waals surface area contributed by atoms with Crippen LogP contribution in [0, 0.1) is 5.92 Å². The number of rotatable bonds is 3. The van der Waals surface area contributed by atoms with E-state index >= 15 is 0 Å². The minimum Gasteiger partial charge on any atom is -0.444 e. The zero-order valence-electron chi connectivity index (χ0n) is 13.0. The minimum absolute atomic E-state index is 0.113. The zero-order valence-corrected chi connectivity index (χ0v) is 13.8. The standard InChI is InChI=1S/C14H20N4O3S/c1-14(2,3)21-13(20)18-6-9(7-18)10(19)15-12-17-16-11(22-12)8-4-5-8/h8-9H,4-7H2,1-3H3,(H,15,17,19). The van der Waals surface area contributed by atoms with Gasteiger partial charge in [-0.25, -0.2) is 4.79 Å². The summed E-state index contributed by atoms with van der Waals surface area (Å²) in [5.41, 5.74) is -0.518. The van der Waals surface area contributed by atoms with Gasteiger partial charge in [-0.1, -0.05) is 11.3 Å². The number of carbonyl (C=O) groups is 2. The molecule has 0 spiro atoms. The molecule has 120 valence electrons. The first-order valence-electron chi connectivity index (χ1n) is 7.44. The second kappa shape index (κ2) is 5.49. The van der Waals surface area contributed by atoms with E-state index in [0.29, 0.717) is 24.1 Å². The number of anilines is 1. The third kappa shape index (κ3) is 3.55. The second-order valence-electron chi connectivity index (χ2n) is 6.79. The van der Waals surface area contributed by atoms with Gasteiger partial charge in [0, 0.05) is 19.0 Å². The summed E-state index contributed by atoms with van der Waals surface area (Å²) in [6.07, 6.45) is 1.95. The molecule has 0 bridgehead atoms. The number of nitrogens with zero attached hydrogens (tertiary/aromatic N) is 3. The summed E-state index contributed by atoms with van der Waals surface area (Å²) in [5.74, 6) is 0.216. The molecule has 1 saturated heterocycles. The number of ether oxygens (including phenoxy) is 1. The summed E-state index contributed by atoms with van der Waals surface area (Å²) in [6.45, 7) is 6.23. The molecule has 8 heteroatoms. The van der Waals surface area contributed by atoms with Gasteiger partial charge in [-0.05, 0) is 33.6 Å².